The molecule has 0 bridgehead atoms. The molecule has 0 amide bonds. The molecule has 1 aromatic carbocycles. The van der Waals surface area contributed by atoms with Crippen LogP contribution >= 0.6 is 0 Å². The van der Waals surface area contributed by atoms with Crippen LogP contribution in [0, 0.1) is 12.7 Å². The Morgan fingerprint density at radius 1 is 1.45 bits per heavy atom. The van der Waals surface area contributed by atoms with Gasteiger partial charge >= 0.3 is 5.97 Å². The summed E-state index contributed by atoms with van der Waals surface area (Å²) in [6, 6.07) is 4.70. The normalized spacial score (nSPS) is 10.6. The van der Waals surface area contributed by atoms with Crippen molar-refractivity contribution in [1.29, 1.82) is 0 Å². The maximum absolute atomic E-state index is 13.7. The van der Waals surface area contributed by atoms with E-state index in [9.17, 15) is 9.18 Å². The van der Waals surface area contributed by atoms with E-state index in [2.05, 4.69) is 5.10 Å². The van der Waals surface area contributed by atoms with Gasteiger partial charge in [-0.3, -0.25) is 4.68 Å². The van der Waals surface area contributed by atoms with E-state index in [1.807, 2.05) is 13.2 Å². The van der Waals surface area contributed by atoms with E-state index in [0.29, 0.717) is 12.0 Å². The van der Waals surface area contributed by atoms with Crippen molar-refractivity contribution in [1.82, 2.24) is 9.78 Å². The van der Waals surface area contributed by atoms with E-state index in [4.69, 9.17) is 4.74 Å². The highest BCUT2D eigenvalue weighted by Crippen LogP contribution is 2.13. The number of halogens is 1. The zero-order valence-corrected chi connectivity index (χ0v) is 11.6. The van der Waals surface area contributed by atoms with E-state index in [1.54, 1.807) is 29.9 Å². The molecule has 20 heavy (non-hydrogen) atoms. The minimum absolute atomic E-state index is 0.00798. The SMILES string of the molecule is Cc1cccc(C(=O)OCCCc2cnn(C)c2)c1F. The molecule has 0 saturated carbocycles. The van der Waals surface area contributed by atoms with Crippen molar-refractivity contribution < 1.29 is 13.9 Å². The lowest BCUT2D eigenvalue weighted by molar-refractivity contribution is 0.0495. The summed E-state index contributed by atoms with van der Waals surface area (Å²) in [7, 11) is 1.85. The second kappa shape index (κ2) is 6.32. The Hall–Kier alpha value is -2.17. The molecule has 0 spiro atoms. The third-order valence-corrected chi connectivity index (χ3v) is 3.01. The van der Waals surface area contributed by atoms with Crippen molar-refractivity contribution in [3.8, 4) is 0 Å². The van der Waals surface area contributed by atoms with Gasteiger partial charge in [0, 0.05) is 13.2 Å². The summed E-state index contributed by atoms with van der Waals surface area (Å²) in [4.78, 5) is 11.8. The van der Waals surface area contributed by atoms with Crippen molar-refractivity contribution in [3.63, 3.8) is 0 Å². The predicted molar refractivity (Wildman–Crippen MR) is 72.9 cm³/mol. The minimum atomic E-state index is -0.614. The van der Waals surface area contributed by atoms with Crippen LogP contribution in [0.25, 0.3) is 0 Å². The minimum Gasteiger partial charge on any atom is -0.462 e. The number of carbonyl (C=O) groups excluding carboxylic acids is 1. The summed E-state index contributed by atoms with van der Waals surface area (Å²) < 4.78 is 20.5. The Balaban J connectivity index is 1.82. The summed E-state index contributed by atoms with van der Waals surface area (Å²) in [6.07, 6.45) is 5.16. The number of hydrogen-bond donors (Lipinski definition) is 0. The number of esters is 1. The van der Waals surface area contributed by atoms with Gasteiger partial charge in [0.1, 0.15) is 5.82 Å². The highest BCUT2D eigenvalue weighted by Gasteiger charge is 2.14. The molecule has 106 valence electrons. The Morgan fingerprint density at radius 2 is 2.25 bits per heavy atom. The summed E-state index contributed by atoms with van der Waals surface area (Å²) in [5, 5.41) is 4.06. The van der Waals surface area contributed by atoms with Gasteiger partial charge in [-0.1, -0.05) is 12.1 Å². The zero-order valence-electron chi connectivity index (χ0n) is 11.6. The number of benzene rings is 1. The van der Waals surface area contributed by atoms with Gasteiger partial charge in [0.15, 0.2) is 0 Å². The summed E-state index contributed by atoms with van der Waals surface area (Å²) in [5.74, 6) is -1.12. The van der Waals surface area contributed by atoms with Gasteiger partial charge < -0.3 is 4.74 Å². The highest BCUT2D eigenvalue weighted by molar-refractivity contribution is 5.89. The molecule has 0 fully saturated rings. The second-order valence-corrected chi connectivity index (χ2v) is 4.70. The van der Waals surface area contributed by atoms with Crippen LogP contribution in [0.3, 0.4) is 0 Å². The first kappa shape index (κ1) is 14.2. The molecule has 1 heterocycles. The zero-order chi connectivity index (χ0) is 14.5. The molecule has 0 radical (unpaired) electrons. The van der Waals surface area contributed by atoms with Crippen LogP contribution in [0.2, 0.25) is 0 Å². The molecule has 0 saturated heterocycles. The van der Waals surface area contributed by atoms with Crippen molar-refractivity contribution in [2.75, 3.05) is 6.61 Å². The van der Waals surface area contributed by atoms with Gasteiger partial charge in [0.05, 0.1) is 18.4 Å². The van der Waals surface area contributed by atoms with E-state index < -0.39 is 11.8 Å². The van der Waals surface area contributed by atoms with Crippen LogP contribution in [-0.4, -0.2) is 22.4 Å². The molecule has 1 aromatic heterocycles. The summed E-state index contributed by atoms with van der Waals surface area (Å²) in [5.41, 5.74) is 1.52. The first-order chi connectivity index (χ1) is 9.58. The van der Waals surface area contributed by atoms with Crippen molar-refractivity contribution >= 4 is 5.97 Å². The van der Waals surface area contributed by atoms with E-state index in [-0.39, 0.29) is 12.2 Å². The molecular formula is C15H17FN2O2. The third kappa shape index (κ3) is 3.44. The highest BCUT2D eigenvalue weighted by atomic mass is 19.1. The molecule has 0 atom stereocenters. The monoisotopic (exact) mass is 276 g/mol. The van der Waals surface area contributed by atoms with Crippen molar-refractivity contribution in [3.05, 3.63) is 53.1 Å². The molecule has 5 heteroatoms. The van der Waals surface area contributed by atoms with Gasteiger partial charge in [-0.2, -0.15) is 5.10 Å². The summed E-state index contributed by atoms with van der Waals surface area (Å²) in [6.45, 7) is 1.88. The molecule has 0 aliphatic carbocycles. The first-order valence-corrected chi connectivity index (χ1v) is 6.47. The van der Waals surface area contributed by atoms with Gasteiger partial charge in [-0.15, -0.1) is 0 Å². The molecule has 2 rings (SSSR count). The standard InChI is InChI=1S/C15H17FN2O2/c1-11-5-3-7-13(14(11)16)15(19)20-8-4-6-12-9-17-18(2)10-12/h3,5,7,9-10H,4,6,8H2,1-2H3. The number of ether oxygens (including phenoxy) is 1. The van der Waals surface area contributed by atoms with Gasteiger partial charge in [0.2, 0.25) is 0 Å². The van der Waals surface area contributed by atoms with Crippen LogP contribution in [0.15, 0.2) is 30.6 Å². The smallest absolute Gasteiger partial charge is 0.341 e. The molecule has 0 unspecified atom stereocenters. The lowest BCUT2D eigenvalue weighted by Gasteiger charge is -2.06. The van der Waals surface area contributed by atoms with E-state index in [0.717, 1.165) is 12.0 Å². The maximum Gasteiger partial charge on any atom is 0.341 e. The fraction of sp³-hybridized carbons (Fsp3) is 0.333. The third-order valence-electron chi connectivity index (χ3n) is 3.01. The lowest BCUT2D eigenvalue weighted by Crippen LogP contribution is -2.09. The second-order valence-electron chi connectivity index (χ2n) is 4.70. The Bertz CT molecular complexity index is 608. The molecule has 0 N–H and O–H groups in total. The van der Waals surface area contributed by atoms with Gasteiger partial charge in [0.25, 0.3) is 0 Å². The number of carbonyl (C=O) groups is 1. The van der Waals surface area contributed by atoms with E-state index in [1.165, 1.54) is 6.07 Å². The number of hydrogen-bond acceptors (Lipinski definition) is 3. The first-order valence-electron chi connectivity index (χ1n) is 6.47. The largest absolute Gasteiger partial charge is 0.462 e. The number of aryl methyl sites for hydroxylation is 3. The Morgan fingerprint density at radius 3 is 2.95 bits per heavy atom. The van der Waals surface area contributed by atoms with Crippen LogP contribution in [0.5, 0.6) is 0 Å². The predicted octanol–water partition coefficient (Wildman–Crippen LogP) is 2.66. The number of nitrogens with zero attached hydrogens (tertiary/aromatic N) is 2. The van der Waals surface area contributed by atoms with Gasteiger partial charge in [-0.05, 0) is 37.0 Å². The van der Waals surface area contributed by atoms with Crippen molar-refractivity contribution in [2.45, 2.75) is 19.8 Å². The maximum atomic E-state index is 13.7. The quantitative estimate of drug-likeness (QED) is 0.623. The van der Waals surface area contributed by atoms with E-state index >= 15 is 0 Å². The molecular weight excluding hydrogens is 259 g/mol. The molecule has 0 aliphatic rings. The average Bonchev–Trinajstić information content (AvgIpc) is 2.83. The fourth-order valence-electron chi connectivity index (χ4n) is 1.92. The molecule has 2 aromatic rings. The number of rotatable bonds is 5. The topological polar surface area (TPSA) is 44.1 Å². The fourth-order valence-corrected chi connectivity index (χ4v) is 1.92. The van der Waals surface area contributed by atoms with Crippen LogP contribution < -0.4 is 0 Å². The lowest BCUT2D eigenvalue weighted by atomic mass is 10.1. The van der Waals surface area contributed by atoms with Crippen molar-refractivity contribution in [2.24, 2.45) is 7.05 Å². The average molecular weight is 276 g/mol. The van der Waals surface area contributed by atoms with Crippen LogP contribution in [0.4, 0.5) is 4.39 Å². The Kier molecular flexibility index (Phi) is 4.50. The van der Waals surface area contributed by atoms with Gasteiger partial charge in [-0.25, -0.2) is 9.18 Å². The summed E-state index contributed by atoms with van der Waals surface area (Å²) >= 11 is 0. The van der Waals surface area contributed by atoms with Crippen LogP contribution in [-0.2, 0) is 18.2 Å². The molecule has 4 nitrogen and oxygen atoms in total. The molecule has 0 aliphatic heterocycles. The van der Waals surface area contributed by atoms with Crippen LogP contribution in [0.1, 0.15) is 27.9 Å². The number of aromatic nitrogens is 2. The Labute approximate surface area is 117 Å².